The highest BCUT2D eigenvalue weighted by molar-refractivity contribution is 7.14. The lowest BCUT2D eigenvalue weighted by atomic mass is 10.1. The maximum Gasteiger partial charge on any atom is 0.225 e. The first-order chi connectivity index (χ1) is 13.2. The van der Waals surface area contributed by atoms with E-state index in [1.165, 1.54) is 18.5 Å². The Morgan fingerprint density at radius 3 is 2.85 bits per heavy atom. The number of nitrogens with one attached hydrogen (secondary N) is 1. The number of aromatic nitrogens is 1. The molecule has 1 aromatic carbocycles. The Balaban J connectivity index is 1.21. The molecule has 1 saturated heterocycles. The molecule has 1 N–H and O–H groups in total. The Bertz CT molecular complexity index is 759. The topological polar surface area (TPSA) is 48.5 Å². The molecule has 1 saturated carbocycles. The van der Waals surface area contributed by atoms with Crippen molar-refractivity contribution in [1.29, 1.82) is 0 Å². The third kappa shape index (κ3) is 4.94. The van der Waals surface area contributed by atoms with E-state index in [-0.39, 0.29) is 5.91 Å². The van der Waals surface area contributed by atoms with E-state index in [4.69, 9.17) is 0 Å². The summed E-state index contributed by atoms with van der Waals surface area (Å²) in [6, 6.07) is 11.1. The second kappa shape index (κ2) is 8.50. The van der Waals surface area contributed by atoms with Crippen LogP contribution in [0.3, 0.4) is 0 Å². The number of hydrogen-bond acceptors (Lipinski definition) is 5. The molecule has 1 aliphatic heterocycles. The van der Waals surface area contributed by atoms with E-state index in [2.05, 4.69) is 50.9 Å². The van der Waals surface area contributed by atoms with Gasteiger partial charge in [-0.3, -0.25) is 14.6 Å². The smallest absolute Gasteiger partial charge is 0.225 e. The lowest BCUT2D eigenvalue weighted by Crippen LogP contribution is -2.30. The van der Waals surface area contributed by atoms with Crippen molar-refractivity contribution in [2.75, 3.05) is 24.5 Å². The van der Waals surface area contributed by atoms with Crippen LogP contribution in [0.4, 0.5) is 5.13 Å². The van der Waals surface area contributed by atoms with Gasteiger partial charge in [0.05, 0.1) is 5.69 Å². The van der Waals surface area contributed by atoms with Gasteiger partial charge in [-0.05, 0) is 43.8 Å². The molecular formula is C21H28N4OS. The van der Waals surface area contributed by atoms with Crippen LogP contribution >= 0.6 is 11.3 Å². The number of rotatable bonds is 8. The number of carbonyl (C=O) groups is 1. The number of hydrogen-bond donors (Lipinski definition) is 1. The predicted molar refractivity (Wildman–Crippen MR) is 110 cm³/mol. The Hall–Kier alpha value is -1.76. The lowest BCUT2D eigenvalue weighted by Gasteiger charge is -2.17. The summed E-state index contributed by atoms with van der Waals surface area (Å²) in [5.74, 6) is 0.808. The monoisotopic (exact) mass is 384 g/mol. The predicted octanol–water partition coefficient (Wildman–Crippen LogP) is 3.27. The van der Waals surface area contributed by atoms with Crippen molar-refractivity contribution in [2.45, 2.75) is 45.3 Å². The lowest BCUT2D eigenvalue weighted by molar-refractivity contribution is -0.116. The van der Waals surface area contributed by atoms with E-state index in [1.807, 2.05) is 4.90 Å². The minimum Gasteiger partial charge on any atom is -0.311 e. The molecule has 27 heavy (non-hydrogen) atoms. The number of benzene rings is 1. The van der Waals surface area contributed by atoms with Gasteiger partial charge in [-0.2, -0.15) is 0 Å². The SMILES string of the molecule is CC(=O)N(c1nc(CNCC2CCN(Cc3ccccc3)C2)cs1)C1CC1. The highest BCUT2D eigenvalue weighted by Gasteiger charge is 2.33. The maximum absolute atomic E-state index is 11.9. The van der Waals surface area contributed by atoms with Gasteiger partial charge in [0.2, 0.25) is 5.91 Å². The zero-order chi connectivity index (χ0) is 18.6. The third-order valence-corrected chi connectivity index (χ3v) is 6.24. The quantitative estimate of drug-likeness (QED) is 0.759. The molecule has 2 heterocycles. The van der Waals surface area contributed by atoms with E-state index in [0.717, 1.165) is 49.8 Å². The largest absolute Gasteiger partial charge is 0.311 e. The van der Waals surface area contributed by atoms with Crippen LogP contribution in [0.1, 0.15) is 37.4 Å². The average molecular weight is 385 g/mol. The number of carbonyl (C=O) groups excluding carboxylic acids is 1. The minimum atomic E-state index is 0.107. The van der Waals surface area contributed by atoms with Gasteiger partial charge in [-0.1, -0.05) is 30.3 Å². The molecule has 2 aromatic rings. The van der Waals surface area contributed by atoms with Crippen molar-refractivity contribution >= 4 is 22.4 Å². The molecule has 2 fully saturated rings. The van der Waals surface area contributed by atoms with Gasteiger partial charge >= 0.3 is 0 Å². The molecule has 1 aromatic heterocycles. The first-order valence-electron chi connectivity index (χ1n) is 9.90. The molecular weight excluding hydrogens is 356 g/mol. The number of amides is 1. The third-order valence-electron chi connectivity index (χ3n) is 5.36. The molecule has 144 valence electrons. The molecule has 0 radical (unpaired) electrons. The van der Waals surface area contributed by atoms with Crippen LogP contribution in [0.15, 0.2) is 35.7 Å². The second-order valence-electron chi connectivity index (χ2n) is 7.75. The van der Waals surface area contributed by atoms with Gasteiger partial charge in [-0.15, -0.1) is 11.3 Å². The van der Waals surface area contributed by atoms with Crippen LogP contribution in [0.25, 0.3) is 0 Å². The van der Waals surface area contributed by atoms with Crippen molar-refractivity contribution in [3.8, 4) is 0 Å². The molecule has 2 aliphatic rings. The van der Waals surface area contributed by atoms with Crippen molar-refractivity contribution < 1.29 is 4.79 Å². The zero-order valence-corrected chi connectivity index (χ0v) is 16.8. The Labute approximate surface area is 165 Å². The Morgan fingerprint density at radius 2 is 2.11 bits per heavy atom. The summed E-state index contributed by atoms with van der Waals surface area (Å²) in [6.45, 7) is 6.83. The summed E-state index contributed by atoms with van der Waals surface area (Å²) in [5, 5.41) is 6.51. The Morgan fingerprint density at radius 1 is 1.30 bits per heavy atom. The average Bonchev–Trinajstić information content (AvgIpc) is 3.20. The van der Waals surface area contributed by atoms with Crippen molar-refractivity contribution in [3.05, 3.63) is 47.0 Å². The van der Waals surface area contributed by atoms with Gasteiger partial charge in [-0.25, -0.2) is 4.98 Å². The van der Waals surface area contributed by atoms with E-state index in [0.29, 0.717) is 12.0 Å². The van der Waals surface area contributed by atoms with Crippen LogP contribution in [-0.4, -0.2) is 41.5 Å². The highest BCUT2D eigenvalue weighted by Crippen LogP contribution is 2.33. The molecule has 0 bridgehead atoms. The summed E-state index contributed by atoms with van der Waals surface area (Å²) >= 11 is 1.58. The fourth-order valence-corrected chi connectivity index (χ4v) is 4.78. The molecule has 1 amide bonds. The molecule has 1 unspecified atom stereocenters. The van der Waals surface area contributed by atoms with Crippen LogP contribution in [0.2, 0.25) is 0 Å². The Kier molecular flexibility index (Phi) is 5.86. The standard InChI is InChI=1S/C21H28N4OS/c1-16(26)25(20-7-8-20)21-23-19(15-27-21)12-22-11-18-9-10-24(14-18)13-17-5-3-2-4-6-17/h2-6,15,18,20,22H,7-14H2,1H3. The van der Waals surface area contributed by atoms with Gasteiger partial charge < -0.3 is 5.32 Å². The molecule has 0 spiro atoms. The summed E-state index contributed by atoms with van der Waals surface area (Å²) in [7, 11) is 0. The molecule has 4 rings (SSSR count). The fraction of sp³-hybridized carbons (Fsp3) is 0.524. The second-order valence-corrected chi connectivity index (χ2v) is 8.58. The van der Waals surface area contributed by atoms with E-state index >= 15 is 0 Å². The fourth-order valence-electron chi connectivity index (χ4n) is 3.84. The summed E-state index contributed by atoms with van der Waals surface area (Å²) < 4.78 is 0. The van der Waals surface area contributed by atoms with E-state index < -0.39 is 0 Å². The summed E-state index contributed by atoms with van der Waals surface area (Å²) in [5.41, 5.74) is 2.44. The van der Waals surface area contributed by atoms with Crippen molar-refractivity contribution in [2.24, 2.45) is 5.92 Å². The van der Waals surface area contributed by atoms with Crippen LogP contribution < -0.4 is 10.2 Å². The van der Waals surface area contributed by atoms with Gasteiger partial charge in [0, 0.05) is 38.0 Å². The number of nitrogens with zero attached hydrogens (tertiary/aromatic N) is 3. The minimum absolute atomic E-state index is 0.107. The van der Waals surface area contributed by atoms with Crippen molar-refractivity contribution in [1.82, 2.24) is 15.2 Å². The van der Waals surface area contributed by atoms with Gasteiger partial charge in [0.15, 0.2) is 5.13 Å². The van der Waals surface area contributed by atoms with Gasteiger partial charge in [0.25, 0.3) is 0 Å². The summed E-state index contributed by atoms with van der Waals surface area (Å²) in [6.07, 6.45) is 3.46. The van der Waals surface area contributed by atoms with Crippen molar-refractivity contribution in [3.63, 3.8) is 0 Å². The van der Waals surface area contributed by atoms with E-state index in [9.17, 15) is 4.79 Å². The first-order valence-corrected chi connectivity index (χ1v) is 10.8. The highest BCUT2D eigenvalue weighted by atomic mass is 32.1. The first kappa shape index (κ1) is 18.6. The van der Waals surface area contributed by atoms with E-state index in [1.54, 1.807) is 18.3 Å². The zero-order valence-electron chi connectivity index (χ0n) is 15.9. The summed E-state index contributed by atoms with van der Waals surface area (Å²) in [4.78, 5) is 20.9. The molecule has 6 heteroatoms. The maximum atomic E-state index is 11.9. The van der Waals surface area contributed by atoms with Gasteiger partial charge in [0.1, 0.15) is 0 Å². The molecule has 5 nitrogen and oxygen atoms in total. The van der Waals surface area contributed by atoms with Crippen LogP contribution in [0.5, 0.6) is 0 Å². The molecule has 1 aliphatic carbocycles. The number of thiazole rings is 1. The number of likely N-dealkylation sites (tertiary alicyclic amines) is 1. The number of anilines is 1. The van der Waals surface area contributed by atoms with Crippen LogP contribution in [-0.2, 0) is 17.9 Å². The molecule has 1 atom stereocenters. The van der Waals surface area contributed by atoms with Crippen LogP contribution in [0, 0.1) is 5.92 Å². The normalized spacial score (nSPS) is 20.1.